The summed E-state index contributed by atoms with van der Waals surface area (Å²) in [5.74, 6) is 0.795. The van der Waals surface area contributed by atoms with Crippen molar-refractivity contribution in [2.24, 2.45) is 5.92 Å². The minimum absolute atomic E-state index is 0.198. The zero-order valence-corrected chi connectivity index (χ0v) is 9.43. The Morgan fingerprint density at radius 3 is 2.79 bits per heavy atom. The number of hydrogen-bond donors (Lipinski definition) is 1. The van der Waals surface area contributed by atoms with E-state index in [9.17, 15) is 4.39 Å². The molecule has 1 N–H and O–H groups in total. The van der Waals surface area contributed by atoms with Crippen LogP contribution in [0.1, 0.15) is 26.7 Å². The highest BCUT2D eigenvalue weighted by Gasteiger charge is 2.28. The Hall–Kier alpha value is -0.150. The molecule has 1 atom stereocenters. The van der Waals surface area contributed by atoms with Gasteiger partial charge < -0.3 is 5.32 Å². The molecule has 84 valence electrons. The van der Waals surface area contributed by atoms with Crippen molar-refractivity contribution in [1.82, 2.24) is 10.2 Å². The third-order valence-electron chi connectivity index (χ3n) is 3.12. The Morgan fingerprint density at radius 1 is 1.50 bits per heavy atom. The number of nitrogens with zero attached hydrogens (tertiary/aromatic N) is 1. The van der Waals surface area contributed by atoms with Crippen LogP contribution in [0.15, 0.2) is 0 Å². The van der Waals surface area contributed by atoms with Gasteiger partial charge in [-0.25, -0.2) is 0 Å². The van der Waals surface area contributed by atoms with Crippen molar-refractivity contribution in [2.75, 3.05) is 32.9 Å². The lowest BCUT2D eigenvalue weighted by atomic mass is 9.97. The van der Waals surface area contributed by atoms with Gasteiger partial charge >= 0.3 is 0 Å². The molecule has 0 aliphatic carbocycles. The van der Waals surface area contributed by atoms with Gasteiger partial charge in [0.05, 0.1) is 6.67 Å². The molecule has 0 aromatic heterocycles. The molecule has 0 bridgehead atoms. The fourth-order valence-electron chi connectivity index (χ4n) is 1.86. The van der Waals surface area contributed by atoms with E-state index in [-0.39, 0.29) is 6.67 Å². The van der Waals surface area contributed by atoms with Crippen molar-refractivity contribution < 1.29 is 4.39 Å². The largest absolute Gasteiger partial charge is 0.316 e. The zero-order valence-electron chi connectivity index (χ0n) is 9.43. The average molecular weight is 202 g/mol. The molecule has 0 aromatic carbocycles. The number of likely N-dealkylation sites (tertiary alicyclic amines) is 1. The molecule has 14 heavy (non-hydrogen) atoms. The Balaban J connectivity index is 1.94. The van der Waals surface area contributed by atoms with E-state index in [4.69, 9.17) is 0 Å². The van der Waals surface area contributed by atoms with E-state index in [0.29, 0.717) is 6.42 Å². The SMILES string of the molecule is CCC(C)N1CC(CNCCCF)C1. The zero-order chi connectivity index (χ0) is 10.4. The van der Waals surface area contributed by atoms with Crippen molar-refractivity contribution in [1.29, 1.82) is 0 Å². The quantitative estimate of drug-likeness (QED) is 0.632. The van der Waals surface area contributed by atoms with Crippen molar-refractivity contribution in [3.05, 3.63) is 0 Å². The molecule has 1 fully saturated rings. The van der Waals surface area contributed by atoms with E-state index in [1.165, 1.54) is 19.5 Å². The molecular formula is C11H23FN2. The van der Waals surface area contributed by atoms with Gasteiger partial charge in [0.2, 0.25) is 0 Å². The summed E-state index contributed by atoms with van der Waals surface area (Å²) in [6, 6.07) is 0.733. The first-order valence-electron chi connectivity index (χ1n) is 5.78. The number of hydrogen-bond acceptors (Lipinski definition) is 2. The van der Waals surface area contributed by atoms with Gasteiger partial charge in [0, 0.05) is 25.7 Å². The molecule has 1 saturated heterocycles. The summed E-state index contributed by atoms with van der Waals surface area (Å²) in [6.07, 6.45) is 1.89. The van der Waals surface area contributed by atoms with Crippen molar-refractivity contribution in [3.63, 3.8) is 0 Å². The monoisotopic (exact) mass is 202 g/mol. The van der Waals surface area contributed by atoms with E-state index in [1.807, 2.05) is 0 Å². The highest BCUT2D eigenvalue weighted by molar-refractivity contribution is 4.84. The second-order valence-corrected chi connectivity index (χ2v) is 4.32. The fourth-order valence-corrected chi connectivity index (χ4v) is 1.86. The van der Waals surface area contributed by atoms with Crippen molar-refractivity contribution in [3.8, 4) is 0 Å². The number of halogens is 1. The normalized spacial score (nSPS) is 20.8. The van der Waals surface area contributed by atoms with Crippen LogP contribution >= 0.6 is 0 Å². The smallest absolute Gasteiger partial charge is 0.0906 e. The number of rotatable bonds is 7. The summed E-state index contributed by atoms with van der Waals surface area (Å²) in [4.78, 5) is 2.52. The minimum atomic E-state index is -0.198. The van der Waals surface area contributed by atoms with Crippen molar-refractivity contribution >= 4 is 0 Å². The van der Waals surface area contributed by atoms with Crippen LogP contribution in [0.5, 0.6) is 0 Å². The van der Waals surface area contributed by atoms with E-state index >= 15 is 0 Å². The Kier molecular flexibility index (Phi) is 5.41. The molecule has 1 unspecified atom stereocenters. The van der Waals surface area contributed by atoms with Gasteiger partial charge in [0.25, 0.3) is 0 Å². The fraction of sp³-hybridized carbons (Fsp3) is 1.00. The second-order valence-electron chi connectivity index (χ2n) is 4.32. The maximum absolute atomic E-state index is 11.8. The van der Waals surface area contributed by atoms with Crippen molar-refractivity contribution in [2.45, 2.75) is 32.7 Å². The van der Waals surface area contributed by atoms with E-state index < -0.39 is 0 Å². The summed E-state index contributed by atoms with van der Waals surface area (Å²) in [7, 11) is 0. The van der Waals surface area contributed by atoms with Crippen LogP contribution in [0.3, 0.4) is 0 Å². The van der Waals surface area contributed by atoms with E-state index in [0.717, 1.165) is 25.0 Å². The lowest BCUT2D eigenvalue weighted by Crippen LogP contribution is -2.54. The maximum atomic E-state index is 11.8. The summed E-state index contributed by atoms with van der Waals surface area (Å²) in [5, 5.41) is 3.30. The molecule has 0 radical (unpaired) electrons. The lowest BCUT2D eigenvalue weighted by Gasteiger charge is -2.43. The highest BCUT2D eigenvalue weighted by Crippen LogP contribution is 2.18. The summed E-state index contributed by atoms with van der Waals surface area (Å²) in [5.41, 5.74) is 0. The van der Waals surface area contributed by atoms with Crippen LogP contribution in [0.4, 0.5) is 4.39 Å². The molecule has 0 spiro atoms. The number of nitrogens with one attached hydrogen (secondary N) is 1. The Morgan fingerprint density at radius 2 is 2.21 bits per heavy atom. The van der Waals surface area contributed by atoms with Gasteiger partial charge in [-0.15, -0.1) is 0 Å². The Bertz CT molecular complexity index is 146. The molecule has 1 aliphatic rings. The van der Waals surface area contributed by atoms with Gasteiger partial charge in [-0.3, -0.25) is 9.29 Å². The van der Waals surface area contributed by atoms with Crippen LogP contribution in [-0.2, 0) is 0 Å². The molecular weight excluding hydrogens is 179 g/mol. The van der Waals surface area contributed by atoms with Gasteiger partial charge in [-0.1, -0.05) is 6.92 Å². The van der Waals surface area contributed by atoms with Gasteiger partial charge in [-0.2, -0.15) is 0 Å². The van der Waals surface area contributed by atoms with Crippen LogP contribution in [-0.4, -0.2) is 43.8 Å². The molecule has 1 aliphatic heterocycles. The number of alkyl halides is 1. The first-order chi connectivity index (χ1) is 6.77. The minimum Gasteiger partial charge on any atom is -0.316 e. The van der Waals surface area contributed by atoms with E-state index in [2.05, 4.69) is 24.1 Å². The van der Waals surface area contributed by atoms with Crippen LogP contribution < -0.4 is 5.32 Å². The molecule has 1 rings (SSSR count). The van der Waals surface area contributed by atoms with E-state index in [1.54, 1.807) is 0 Å². The first-order valence-corrected chi connectivity index (χ1v) is 5.78. The van der Waals surface area contributed by atoms with Gasteiger partial charge in [-0.05, 0) is 32.2 Å². The van der Waals surface area contributed by atoms with Gasteiger partial charge in [0.15, 0.2) is 0 Å². The predicted octanol–water partition coefficient (Wildman–Crippen LogP) is 1.67. The van der Waals surface area contributed by atoms with Crippen LogP contribution in [0.2, 0.25) is 0 Å². The summed E-state index contributed by atoms with van der Waals surface area (Å²) in [6.45, 7) is 8.65. The standard InChI is InChI=1S/C11H23FN2/c1-3-10(2)14-8-11(9-14)7-13-6-4-5-12/h10-11,13H,3-9H2,1-2H3. The molecule has 3 heteroatoms. The Labute approximate surface area is 86.9 Å². The molecule has 0 saturated carbocycles. The highest BCUT2D eigenvalue weighted by atomic mass is 19.1. The second kappa shape index (κ2) is 6.36. The average Bonchev–Trinajstić information content (AvgIpc) is 2.14. The topological polar surface area (TPSA) is 15.3 Å². The van der Waals surface area contributed by atoms with Gasteiger partial charge in [0.1, 0.15) is 0 Å². The molecule has 1 heterocycles. The third-order valence-corrected chi connectivity index (χ3v) is 3.12. The van der Waals surface area contributed by atoms with Crippen LogP contribution in [0, 0.1) is 5.92 Å². The summed E-state index contributed by atoms with van der Waals surface area (Å²) >= 11 is 0. The summed E-state index contributed by atoms with van der Waals surface area (Å²) < 4.78 is 11.8. The predicted molar refractivity (Wildman–Crippen MR) is 58.3 cm³/mol. The molecule has 2 nitrogen and oxygen atoms in total. The first kappa shape index (κ1) is 11.9. The molecule has 0 amide bonds. The maximum Gasteiger partial charge on any atom is 0.0906 e. The lowest BCUT2D eigenvalue weighted by molar-refractivity contribution is 0.0585. The van der Waals surface area contributed by atoms with Crippen LogP contribution in [0.25, 0.3) is 0 Å². The third kappa shape index (κ3) is 3.54. The molecule has 0 aromatic rings.